The monoisotopic (exact) mass is 276 g/mol. The van der Waals surface area contributed by atoms with Crippen LogP contribution in [0.1, 0.15) is 0 Å². The van der Waals surface area contributed by atoms with Crippen LogP contribution < -0.4 is 5.73 Å². The SMILES string of the molecule is COC1CN(S(=O)(=O)c2cn[nH]c2N)CC1OC. The summed E-state index contributed by atoms with van der Waals surface area (Å²) in [6.45, 7) is 0.476. The maximum absolute atomic E-state index is 12.3. The first kappa shape index (κ1) is 13.3. The summed E-state index contributed by atoms with van der Waals surface area (Å²) in [7, 11) is -0.604. The van der Waals surface area contributed by atoms with Crippen molar-refractivity contribution in [1.82, 2.24) is 14.5 Å². The number of methoxy groups -OCH3 is 2. The summed E-state index contributed by atoms with van der Waals surface area (Å²) in [6.07, 6.45) is 0.642. The van der Waals surface area contributed by atoms with Gasteiger partial charge >= 0.3 is 0 Å². The molecule has 9 heteroatoms. The van der Waals surface area contributed by atoms with E-state index in [9.17, 15) is 8.42 Å². The van der Waals surface area contributed by atoms with Crippen LogP contribution in [0.4, 0.5) is 5.82 Å². The number of hydrogen-bond donors (Lipinski definition) is 2. The van der Waals surface area contributed by atoms with E-state index < -0.39 is 10.0 Å². The number of sulfonamides is 1. The van der Waals surface area contributed by atoms with Gasteiger partial charge in [-0.3, -0.25) is 5.10 Å². The minimum absolute atomic E-state index is 0.0193. The van der Waals surface area contributed by atoms with Gasteiger partial charge in [-0.25, -0.2) is 8.42 Å². The molecular formula is C9H16N4O4S. The Morgan fingerprint density at radius 3 is 2.33 bits per heavy atom. The molecular weight excluding hydrogens is 260 g/mol. The van der Waals surface area contributed by atoms with E-state index in [1.165, 1.54) is 24.7 Å². The number of H-pyrrole nitrogens is 1. The van der Waals surface area contributed by atoms with E-state index in [-0.39, 0.29) is 36.0 Å². The van der Waals surface area contributed by atoms with Crippen molar-refractivity contribution in [3.8, 4) is 0 Å². The summed E-state index contributed by atoms with van der Waals surface area (Å²) in [4.78, 5) is -0.0193. The second-order valence-electron chi connectivity index (χ2n) is 4.02. The lowest BCUT2D eigenvalue weighted by molar-refractivity contribution is -0.00461. The average Bonchev–Trinajstić information content (AvgIpc) is 2.94. The van der Waals surface area contributed by atoms with Gasteiger partial charge in [-0.1, -0.05) is 0 Å². The number of rotatable bonds is 4. The van der Waals surface area contributed by atoms with Crippen molar-refractivity contribution in [1.29, 1.82) is 0 Å². The highest BCUT2D eigenvalue weighted by Gasteiger charge is 2.40. The maximum Gasteiger partial charge on any atom is 0.248 e. The second-order valence-corrected chi connectivity index (χ2v) is 5.92. The molecule has 2 heterocycles. The van der Waals surface area contributed by atoms with Crippen LogP contribution in [0.25, 0.3) is 0 Å². The van der Waals surface area contributed by atoms with E-state index in [0.717, 1.165) is 0 Å². The first-order valence-electron chi connectivity index (χ1n) is 5.35. The Bertz CT molecular complexity index is 502. The standard InChI is InChI=1S/C9H16N4O4S/c1-16-6-4-13(5-7(6)17-2)18(14,15)8-3-11-12-9(8)10/h3,6-7H,4-5H2,1-2H3,(H3,10,11,12). The molecule has 3 N–H and O–H groups in total. The lowest BCUT2D eigenvalue weighted by Gasteiger charge is -2.14. The Labute approximate surface area is 105 Å². The molecule has 0 aromatic carbocycles. The first-order valence-corrected chi connectivity index (χ1v) is 6.79. The highest BCUT2D eigenvalue weighted by Crippen LogP contribution is 2.25. The number of nitrogen functional groups attached to an aromatic ring is 1. The van der Waals surface area contributed by atoms with Crippen molar-refractivity contribution < 1.29 is 17.9 Å². The number of anilines is 1. The summed E-state index contributed by atoms with van der Waals surface area (Å²) in [6, 6.07) is 0. The molecule has 8 nitrogen and oxygen atoms in total. The van der Waals surface area contributed by atoms with Crippen LogP contribution in [0.3, 0.4) is 0 Å². The van der Waals surface area contributed by atoms with Crippen molar-refractivity contribution >= 4 is 15.8 Å². The number of aromatic nitrogens is 2. The van der Waals surface area contributed by atoms with Gasteiger partial charge in [0.05, 0.1) is 18.4 Å². The van der Waals surface area contributed by atoms with E-state index in [1.54, 1.807) is 0 Å². The molecule has 0 radical (unpaired) electrons. The predicted octanol–water partition coefficient (Wildman–Crippen LogP) is -0.974. The summed E-state index contributed by atoms with van der Waals surface area (Å²) in [5.41, 5.74) is 5.54. The van der Waals surface area contributed by atoms with Crippen molar-refractivity contribution in [2.45, 2.75) is 17.1 Å². The van der Waals surface area contributed by atoms with Gasteiger partial charge in [0.25, 0.3) is 0 Å². The molecule has 2 unspecified atom stereocenters. The third kappa shape index (κ3) is 2.09. The Kier molecular flexibility index (Phi) is 3.57. The predicted molar refractivity (Wildman–Crippen MR) is 63.4 cm³/mol. The summed E-state index contributed by atoms with van der Waals surface area (Å²) >= 11 is 0. The van der Waals surface area contributed by atoms with Gasteiger partial charge < -0.3 is 15.2 Å². The number of nitrogens with two attached hydrogens (primary N) is 1. The quantitative estimate of drug-likeness (QED) is 0.731. The van der Waals surface area contributed by atoms with Crippen LogP contribution in [0, 0.1) is 0 Å². The van der Waals surface area contributed by atoms with Gasteiger partial charge in [0.1, 0.15) is 10.7 Å². The molecule has 2 atom stereocenters. The molecule has 0 aliphatic carbocycles. The Morgan fingerprint density at radius 2 is 1.94 bits per heavy atom. The summed E-state index contributed by atoms with van der Waals surface area (Å²) in [5.74, 6) is 0.0323. The molecule has 18 heavy (non-hydrogen) atoms. The number of ether oxygens (including phenoxy) is 2. The van der Waals surface area contributed by atoms with Crippen LogP contribution in [-0.4, -0.2) is 62.4 Å². The molecule has 1 aliphatic rings. The second kappa shape index (κ2) is 4.84. The summed E-state index contributed by atoms with van der Waals surface area (Å²) < 4.78 is 36.3. The molecule has 102 valence electrons. The van der Waals surface area contributed by atoms with Gasteiger partial charge in [-0.15, -0.1) is 0 Å². The van der Waals surface area contributed by atoms with Crippen LogP contribution >= 0.6 is 0 Å². The highest BCUT2D eigenvalue weighted by molar-refractivity contribution is 7.89. The molecule has 0 spiro atoms. The van der Waals surface area contributed by atoms with E-state index in [4.69, 9.17) is 15.2 Å². The van der Waals surface area contributed by atoms with Gasteiger partial charge in [0.15, 0.2) is 0 Å². The van der Waals surface area contributed by atoms with Gasteiger partial charge in [-0.2, -0.15) is 9.40 Å². The highest BCUT2D eigenvalue weighted by atomic mass is 32.2. The zero-order valence-electron chi connectivity index (χ0n) is 10.2. The van der Waals surface area contributed by atoms with E-state index >= 15 is 0 Å². The third-order valence-corrected chi connectivity index (χ3v) is 4.90. The molecule has 1 aromatic rings. The fraction of sp³-hybridized carbons (Fsp3) is 0.667. The molecule has 1 aromatic heterocycles. The van der Waals surface area contributed by atoms with Gasteiger partial charge in [0.2, 0.25) is 10.0 Å². The Balaban J connectivity index is 2.26. The molecule has 1 saturated heterocycles. The number of aromatic amines is 1. The fourth-order valence-electron chi connectivity index (χ4n) is 1.99. The zero-order valence-corrected chi connectivity index (χ0v) is 11.0. The summed E-state index contributed by atoms with van der Waals surface area (Å²) in [5, 5.41) is 6.03. The number of nitrogens with one attached hydrogen (secondary N) is 1. The van der Waals surface area contributed by atoms with Crippen LogP contribution in [0.2, 0.25) is 0 Å². The minimum atomic E-state index is -3.66. The van der Waals surface area contributed by atoms with Crippen LogP contribution in [0.5, 0.6) is 0 Å². The first-order chi connectivity index (χ1) is 8.50. The normalized spacial score (nSPS) is 25.7. The smallest absolute Gasteiger partial charge is 0.248 e. The number of nitrogens with zero attached hydrogens (tertiary/aromatic N) is 2. The van der Waals surface area contributed by atoms with E-state index in [0.29, 0.717) is 0 Å². The molecule has 0 bridgehead atoms. The largest absolute Gasteiger partial charge is 0.383 e. The fourth-order valence-corrected chi connectivity index (χ4v) is 3.46. The zero-order chi connectivity index (χ0) is 13.3. The lowest BCUT2D eigenvalue weighted by atomic mass is 10.3. The molecule has 0 saturated carbocycles. The van der Waals surface area contributed by atoms with Crippen LogP contribution in [-0.2, 0) is 19.5 Å². The van der Waals surface area contributed by atoms with Gasteiger partial charge in [0, 0.05) is 27.3 Å². The molecule has 2 rings (SSSR count). The molecule has 1 aliphatic heterocycles. The van der Waals surface area contributed by atoms with E-state index in [1.807, 2.05) is 0 Å². The van der Waals surface area contributed by atoms with Crippen molar-refractivity contribution in [3.63, 3.8) is 0 Å². The van der Waals surface area contributed by atoms with Crippen molar-refractivity contribution in [2.24, 2.45) is 0 Å². The van der Waals surface area contributed by atoms with E-state index in [2.05, 4.69) is 10.2 Å². The Morgan fingerprint density at radius 1 is 1.39 bits per heavy atom. The lowest BCUT2D eigenvalue weighted by Crippen LogP contribution is -2.30. The molecule has 0 amide bonds. The minimum Gasteiger partial charge on any atom is -0.383 e. The van der Waals surface area contributed by atoms with Crippen molar-refractivity contribution in [3.05, 3.63) is 6.20 Å². The Hall–Kier alpha value is -1.16. The van der Waals surface area contributed by atoms with Crippen LogP contribution in [0.15, 0.2) is 11.1 Å². The van der Waals surface area contributed by atoms with Gasteiger partial charge in [-0.05, 0) is 0 Å². The molecule has 1 fully saturated rings. The third-order valence-electron chi connectivity index (χ3n) is 3.04. The maximum atomic E-state index is 12.3. The average molecular weight is 276 g/mol. The topological polar surface area (TPSA) is 111 Å². The van der Waals surface area contributed by atoms with Crippen molar-refractivity contribution in [2.75, 3.05) is 33.0 Å². The number of hydrogen-bond acceptors (Lipinski definition) is 6.